The number of rotatable bonds is 7. The Labute approximate surface area is 155 Å². The van der Waals surface area contributed by atoms with Crippen molar-refractivity contribution >= 4 is 34.7 Å². The van der Waals surface area contributed by atoms with E-state index in [0.717, 1.165) is 9.65 Å². The van der Waals surface area contributed by atoms with E-state index in [0.29, 0.717) is 5.75 Å². The first-order valence-corrected chi connectivity index (χ1v) is 8.51. The normalized spacial score (nSPS) is 11.3. The quantitative estimate of drug-likeness (QED) is 0.511. The van der Waals surface area contributed by atoms with Crippen LogP contribution in [0.25, 0.3) is 0 Å². The van der Waals surface area contributed by atoms with E-state index in [4.69, 9.17) is 14.6 Å². The third-order valence-corrected chi connectivity index (χ3v) is 3.40. The molecule has 1 rings (SSSR count). The number of hydrogen-bond donors (Lipinski definition) is 1. The topological polar surface area (TPSA) is 76.1 Å². The molecule has 1 aromatic carbocycles. The van der Waals surface area contributed by atoms with Gasteiger partial charge in [-0.25, -0.2) is 9.59 Å². The maximum absolute atomic E-state index is 12.2. The lowest BCUT2D eigenvalue weighted by Crippen LogP contribution is -2.39. The average molecular weight is 447 g/mol. The van der Waals surface area contributed by atoms with Gasteiger partial charge in [0.1, 0.15) is 18.0 Å². The largest absolute Gasteiger partial charge is 0.492 e. The molecule has 0 aliphatic carbocycles. The predicted molar refractivity (Wildman–Crippen MR) is 99.2 cm³/mol. The molecule has 0 aliphatic heterocycles. The first-order chi connectivity index (χ1) is 11.2. The van der Waals surface area contributed by atoms with Gasteiger partial charge in [-0.3, -0.25) is 0 Å². The van der Waals surface area contributed by atoms with Gasteiger partial charge >= 0.3 is 12.1 Å². The smallest absolute Gasteiger partial charge is 0.410 e. The molecule has 0 aliphatic rings. The Bertz CT molecular complexity index is 578. The van der Waals surface area contributed by atoms with Gasteiger partial charge in [0.25, 0.3) is 0 Å². The summed E-state index contributed by atoms with van der Waals surface area (Å²) in [6, 6.07) is 7.56. The number of halogens is 1. The maximum atomic E-state index is 12.2. The fourth-order valence-electron chi connectivity index (χ4n) is 1.67. The summed E-state index contributed by atoms with van der Waals surface area (Å²) in [5, 5.41) is 8.65. The van der Waals surface area contributed by atoms with Crippen LogP contribution < -0.4 is 4.74 Å². The second-order valence-electron chi connectivity index (χ2n) is 5.97. The third kappa shape index (κ3) is 8.76. The van der Waals surface area contributed by atoms with Crippen molar-refractivity contribution < 1.29 is 24.2 Å². The number of hydrogen-bond acceptors (Lipinski definition) is 4. The van der Waals surface area contributed by atoms with Crippen LogP contribution in [0.1, 0.15) is 20.8 Å². The number of carbonyl (C=O) groups is 2. The first-order valence-electron chi connectivity index (χ1n) is 7.43. The van der Waals surface area contributed by atoms with Crippen LogP contribution in [-0.2, 0) is 9.53 Å². The van der Waals surface area contributed by atoms with Crippen molar-refractivity contribution in [2.24, 2.45) is 0 Å². The standard InChI is InChI=1S/C17H22INO5/c1-17(2,3)24-16(22)19(10-4-5-15(20)21)11-12-23-14-8-6-13(18)7-9-14/h4-9H,10-12H2,1-3H3,(H,20,21)/b5-4+. The minimum atomic E-state index is -1.06. The van der Waals surface area contributed by atoms with Crippen LogP contribution in [0.5, 0.6) is 5.75 Å². The van der Waals surface area contributed by atoms with Crippen molar-refractivity contribution in [1.29, 1.82) is 0 Å². The van der Waals surface area contributed by atoms with E-state index >= 15 is 0 Å². The number of amides is 1. The van der Waals surface area contributed by atoms with Gasteiger partial charge < -0.3 is 19.5 Å². The second-order valence-corrected chi connectivity index (χ2v) is 7.21. The lowest BCUT2D eigenvalue weighted by molar-refractivity contribution is -0.131. The summed E-state index contributed by atoms with van der Waals surface area (Å²) in [7, 11) is 0. The molecule has 0 saturated heterocycles. The molecule has 132 valence electrons. The number of carboxylic acid groups (broad SMARTS) is 1. The number of benzene rings is 1. The second kappa shape index (κ2) is 9.51. The lowest BCUT2D eigenvalue weighted by Gasteiger charge is -2.26. The molecule has 0 saturated carbocycles. The van der Waals surface area contributed by atoms with Gasteiger partial charge in [-0.2, -0.15) is 0 Å². The molecule has 0 radical (unpaired) electrons. The van der Waals surface area contributed by atoms with Crippen LogP contribution >= 0.6 is 22.6 Å². The first kappa shape index (κ1) is 20.3. The minimum absolute atomic E-state index is 0.136. The Morgan fingerprint density at radius 2 is 1.88 bits per heavy atom. The van der Waals surface area contributed by atoms with Crippen LogP contribution in [-0.4, -0.2) is 47.4 Å². The van der Waals surface area contributed by atoms with Crippen molar-refractivity contribution in [3.8, 4) is 5.75 Å². The molecule has 1 amide bonds. The molecule has 0 unspecified atom stereocenters. The highest BCUT2D eigenvalue weighted by atomic mass is 127. The fourth-order valence-corrected chi connectivity index (χ4v) is 2.03. The molecule has 24 heavy (non-hydrogen) atoms. The summed E-state index contributed by atoms with van der Waals surface area (Å²) in [5.41, 5.74) is -0.622. The van der Waals surface area contributed by atoms with E-state index in [1.165, 1.54) is 11.0 Å². The Hall–Kier alpha value is -1.77. The fraction of sp³-hybridized carbons (Fsp3) is 0.412. The van der Waals surface area contributed by atoms with Crippen LogP contribution in [0.2, 0.25) is 0 Å². The monoisotopic (exact) mass is 447 g/mol. The number of aliphatic carboxylic acids is 1. The number of carbonyl (C=O) groups excluding carboxylic acids is 1. The van der Waals surface area contributed by atoms with E-state index < -0.39 is 17.7 Å². The molecule has 6 nitrogen and oxygen atoms in total. The molecule has 0 bridgehead atoms. The van der Waals surface area contributed by atoms with E-state index in [9.17, 15) is 9.59 Å². The molecule has 0 fully saturated rings. The van der Waals surface area contributed by atoms with Gasteiger partial charge in [0, 0.05) is 16.2 Å². The summed E-state index contributed by atoms with van der Waals surface area (Å²) in [6.07, 6.45) is 1.89. The van der Waals surface area contributed by atoms with E-state index in [1.807, 2.05) is 24.3 Å². The molecule has 0 spiro atoms. The third-order valence-electron chi connectivity index (χ3n) is 2.68. The van der Waals surface area contributed by atoms with Crippen molar-refractivity contribution in [3.63, 3.8) is 0 Å². The maximum Gasteiger partial charge on any atom is 0.410 e. The van der Waals surface area contributed by atoms with Crippen molar-refractivity contribution in [2.45, 2.75) is 26.4 Å². The van der Waals surface area contributed by atoms with Crippen molar-refractivity contribution in [1.82, 2.24) is 4.90 Å². The molecule has 0 atom stereocenters. The van der Waals surface area contributed by atoms with Gasteiger partial charge in [0.05, 0.1) is 6.54 Å². The summed E-state index contributed by atoms with van der Waals surface area (Å²) < 4.78 is 12.0. The SMILES string of the molecule is CC(C)(C)OC(=O)N(C/C=C/C(=O)O)CCOc1ccc(I)cc1. The molecule has 7 heteroatoms. The zero-order valence-electron chi connectivity index (χ0n) is 14.0. The highest BCUT2D eigenvalue weighted by molar-refractivity contribution is 14.1. The highest BCUT2D eigenvalue weighted by Crippen LogP contribution is 2.14. The Morgan fingerprint density at radius 1 is 1.25 bits per heavy atom. The number of ether oxygens (including phenoxy) is 2. The Morgan fingerprint density at radius 3 is 2.42 bits per heavy atom. The Balaban J connectivity index is 2.61. The zero-order valence-corrected chi connectivity index (χ0v) is 16.1. The Kier molecular flexibility index (Phi) is 8.03. The van der Waals surface area contributed by atoms with Gasteiger partial charge in [0.2, 0.25) is 0 Å². The average Bonchev–Trinajstić information content (AvgIpc) is 2.45. The van der Waals surface area contributed by atoms with Crippen molar-refractivity contribution in [2.75, 3.05) is 19.7 Å². The van der Waals surface area contributed by atoms with Crippen molar-refractivity contribution in [3.05, 3.63) is 40.0 Å². The van der Waals surface area contributed by atoms with E-state index in [-0.39, 0.29) is 19.7 Å². The van der Waals surface area contributed by atoms with Crippen LogP contribution in [0.4, 0.5) is 4.79 Å². The molecule has 1 aromatic rings. The summed E-state index contributed by atoms with van der Waals surface area (Å²) in [6.45, 7) is 6.03. The summed E-state index contributed by atoms with van der Waals surface area (Å²) >= 11 is 2.21. The summed E-state index contributed by atoms with van der Waals surface area (Å²) in [5.74, 6) is -0.352. The van der Waals surface area contributed by atoms with Crippen LogP contribution in [0.3, 0.4) is 0 Å². The lowest BCUT2D eigenvalue weighted by atomic mass is 10.2. The molecular weight excluding hydrogens is 425 g/mol. The van der Waals surface area contributed by atoms with E-state index in [1.54, 1.807) is 20.8 Å². The van der Waals surface area contributed by atoms with Gasteiger partial charge in [-0.1, -0.05) is 6.08 Å². The highest BCUT2D eigenvalue weighted by Gasteiger charge is 2.21. The van der Waals surface area contributed by atoms with Gasteiger partial charge in [-0.05, 0) is 67.6 Å². The van der Waals surface area contributed by atoms with E-state index in [2.05, 4.69) is 22.6 Å². The molecule has 0 heterocycles. The number of nitrogens with zero attached hydrogens (tertiary/aromatic N) is 1. The van der Waals surface area contributed by atoms with Crippen LogP contribution in [0.15, 0.2) is 36.4 Å². The predicted octanol–water partition coefficient (Wildman–Crippen LogP) is 3.55. The molecular formula is C17H22INO5. The molecule has 1 N–H and O–H groups in total. The molecule has 0 aromatic heterocycles. The number of carboxylic acids is 1. The van der Waals surface area contributed by atoms with Crippen LogP contribution in [0, 0.1) is 3.57 Å². The summed E-state index contributed by atoms with van der Waals surface area (Å²) in [4.78, 5) is 24.1. The van der Waals surface area contributed by atoms with Gasteiger partial charge in [-0.15, -0.1) is 0 Å². The van der Waals surface area contributed by atoms with Gasteiger partial charge in [0.15, 0.2) is 0 Å². The minimum Gasteiger partial charge on any atom is -0.492 e. The zero-order chi connectivity index (χ0) is 18.2.